The topological polar surface area (TPSA) is 77.8 Å². The number of aryl methyl sites for hydroxylation is 1. The smallest absolute Gasteiger partial charge is 0.176 e. The van der Waals surface area contributed by atoms with Crippen molar-refractivity contribution in [3.05, 3.63) is 29.7 Å². The molecule has 1 N–H and O–H groups in total. The molecule has 0 aromatic carbocycles. The van der Waals surface area contributed by atoms with E-state index in [9.17, 15) is 0 Å². The normalized spacial score (nSPS) is 20.7. The second-order valence-corrected chi connectivity index (χ2v) is 5.96. The van der Waals surface area contributed by atoms with Crippen molar-refractivity contribution < 1.29 is 4.74 Å². The van der Waals surface area contributed by atoms with Crippen LogP contribution in [0.3, 0.4) is 0 Å². The fourth-order valence-corrected chi connectivity index (χ4v) is 2.90. The highest BCUT2D eigenvalue weighted by atomic mass is 16.5. The first-order valence-corrected chi connectivity index (χ1v) is 7.85. The third kappa shape index (κ3) is 2.68. The first kappa shape index (κ1) is 13.6. The Labute approximate surface area is 129 Å². The molecule has 4 rings (SSSR count). The molecular formula is C15H20N6O. The highest BCUT2D eigenvalue weighted by Gasteiger charge is 2.28. The van der Waals surface area contributed by atoms with Crippen molar-refractivity contribution in [2.45, 2.75) is 50.8 Å². The number of anilines is 1. The molecule has 2 aliphatic rings. The van der Waals surface area contributed by atoms with E-state index in [1.54, 1.807) is 7.11 Å². The molecule has 0 saturated heterocycles. The summed E-state index contributed by atoms with van der Waals surface area (Å²) in [5, 5.41) is 8.00. The molecule has 1 atom stereocenters. The van der Waals surface area contributed by atoms with Gasteiger partial charge in [-0.2, -0.15) is 5.10 Å². The van der Waals surface area contributed by atoms with Crippen LogP contribution >= 0.6 is 0 Å². The van der Waals surface area contributed by atoms with Gasteiger partial charge in [0.2, 0.25) is 0 Å². The quantitative estimate of drug-likeness (QED) is 0.910. The molecular weight excluding hydrogens is 280 g/mol. The van der Waals surface area contributed by atoms with Crippen molar-refractivity contribution in [1.29, 1.82) is 0 Å². The summed E-state index contributed by atoms with van der Waals surface area (Å²) in [5.41, 5.74) is 0. The van der Waals surface area contributed by atoms with Crippen LogP contribution in [-0.2, 0) is 17.9 Å². The van der Waals surface area contributed by atoms with Crippen LogP contribution in [0.25, 0.3) is 0 Å². The highest BCUT2D eigenvalue weighted by Crippen LogP contribution is 2.38. The number of nitrogens with zero attached hydrogens (tertiary/aromatic N) is 5. The largest absolute Gasteiger partial charge is 0.377 e. The number of hydrogen-bond acceptors (Lipinski definition) is 6. The van der Waals surface area contributed by atoms with E-state index in [1.807, 2.05) is 16.9 Å². The van der Waals surface area contributed by atoms with Crippen LogP contribution in [0.15, 0.2) is 12.3 Å². The minimum Gasteiger partial charge on any atom is -0.377 e. The predicted molar refractivity (Wildman–Crippen MR) is 80.3 cm³/mol. The lowest BCUT2D eigenvalue weighted by atomic mass is 10.1. The second kappa shape index (κ2) is 5.64. The van der Waals surface area contributed by atoms with Gasteiger partial charge in [-0.05, 0) is 31.7 Å². The minimum atomic E-state index is 0.147. The average molecular weight is 300 g/mol. The summed E-state index contributed by atoms with van der Waals surface area (Å²) in [6.07, 6.45) is 6.38. The van der Waals surface area contributed by atoms with Crippen LogP contribution in [0.2, 0.25) is 0 Å². The van der Waals surface area contributed by atoms with Crippen molar-refractivity contribution in [1.82, 2.24) is 24.7 Å². The van der Waals surface area contributed by atoms with Crippen LogP contribution in [-0.4, -0.2) is 31.8 Å². The number of hydrogen-bond donors (Lipinski definition) is 1. The highest BCUT2D eigenvalue weighted by molar-refractivity contribution is 5.36. The van der Waals surface area contributed by atoms with Gasteiger partial charge < -0.3 is 10.1 Å². The molecule has 0 bridgehead atoms. The van der Waals surface area contributed by atoms with Gasteiger partial charge in [0.1, 0.15) is 24.1 Å². The van der Waals surface area contributed by atoms with Crippen molar-refractivity contribution >= 4 is 5.82 Å². The molecule has 0 radical (unpaired) electrons. The fourth-order valence-electron chi connectivity index (χ4n) is 2.90. The monoisotopic (exact) mass is 300 g/mol. The summed E-state index contributed by atoms with van der Waals surface area (Å²) >= 11 is 0. The maximum atomic E-state index is 5.13. The Bertz CT molecular complexity index is 666. The number of nitrogens with one attached hydrogen (secondary N) is 1. The number of rotatable bonds is 5. The summed E-state index contributed by atoms with van der Waals surface area (Å²) in [6, 6.07) is 2.07. The SMILES string of the molecule is COCc1nc2n(n1)CCCC2Nc1ccnc(C2CC2)n1. The fraction of sp³-hybridized carbons (Fsp3) is 0.600. The Kier molecular flexibility index (Phi) is 3.49. The Morgan fingerprint density at radius 1 is 1.32 bits per heavy atom. The van der Waals surface area contributed by atoms with Gasteiger partial charge in [0.05, 0.1) is 6.04 Å². The summed E-state index contributed by atoms with van der Waals surface area (Å²) in [6.45, 7) is 1.37. The zero-order valence-electron chi connectivity index (χ0n) is 12.7. The van der Waals surface area contributed by atoms with Crippen molar-refractivity contribution in [2.24, 2.45) is 0 Å². The van der Waals surface area contributed by atoms with E-state index >= 15 is 0 Å². The lowest BCUT2D eigenvalue weighted by Gasteiger charge is -2.23. The second-order valence-electron chi connectivity index (χ2n) is 5.96. The van der Waals surface area contributed by atoms with Gasteiger partial charge in [-0.1, -0.05) is 0 Å². The Hall–Kier alpha value is -2.02. The minimum absolute atomic E-state index is 0.147. The third-order valence-electron chi connectivity index (χ3n) is 4.13. The van der Waals surface area contributed by atoms with E-state index in [0.29, 0.717) is 12.5 Å². The molecule has 2 aromatic heterocycles. The Morgan fingerprint density at radius 3 is 3.05 bits per heavy atom. The molecule has 1 fully saturated rings. The number of fused-ring (bicyclic) bond motifs is 1. The molecule has 7 nitrogen and oxygen atoms in total. The molecule has 1 aliphatic carbocycles. The van der Waals surface area contributed by atoms with Gasteiger partial charge in [-0.15, -0.1) is 0 Å². The van der Waals surface area contributed by atoms with E-state index in [1.165, 1.54) is 12.8 Å². The molecule has 3 heterocycles. The number of ether oxygens (including phenoxy) is 1. The molecule has 2 aromatic rings. The summed E-state index contributed by atoms with van der Waals surface area (Å²) in [7, 11) is 1.66. The van der Waals surface area contributed by atoms with Crippen molar-refractivity contribution in [3.63, 3.8) is 0 Å². The van der Waals surface area contributed by atoms with Crippen LogP contribution in [0.4, 0.5) is 5.82 Å². The zero-order chi connectivity index (χ0) is 14.9. The van der Waals surface area contributed by atoms with Gasteiger partial charge in [-0.3, -0.25) is 0 Å². The lowest BCUT2D eigenvalue weighted by Crippen LogP contribution is -2.23. The zero-order valence-corrected chi connectivity index (χ0v) is 12.7. The summed E-state index contributed by atoms with van der Waals surface area (Å²) < 4.78 is 7.11. The van der Waals surface area contributed by atoms with Gasteiger partial charge in [0, 0.05) is 25.8 Å². The van der Waals surface area contributed by atoms with E-state index in [4.69, 9.17) is 4.74 Å². The number of aromatic nitrogens is 5. The molecule has 1 aliphatic heterocycles. The first-order chi connectivity index (χ1) is 10.8. The average Bonchev–Trinajstić information content (AvgIpc) is 3.29. The van der Waals surface area contributed by atoms with Crippen LogP contribution in [0.5, 0.6) is 0 Å². The molecule has 1 unspecified atom stereocenters. The predicted octanol–water partition coefficient (Wildman–Crippen LogP) is 2.04. The van der Waals surface area contributed by atoms with Crippen molar-refractivity contribution in [3.8, 4) is 0 Å². The molecule has 0 spiro atoms. The Balaban J connectivity index is 1.55. The summed E-state index contributed by atoms with van der Waals surface area (Å²) in [4.78, 5) is 13.6. The molecule has 7 heteroatoms. The van der Waals surface area contributed by atoms with E-state index in [2.05, 4.69) is 25.4 Å². The van der Waals surface area contributed by atoms with Crippen LogP contribution in [0, 0.1) is 0 Å². The standard InChI is InChI=1S/C15H20N6O/c1-22-9-13-19-15-11(3-2-8-21(15)20-13)17-12-6-7-16-14(18-12)10-4-5-10/h6-7,10-11H,2-5,8-9H2,1H3,(H,16,17,18). The van der Waals surface area contributed by atoms with E-state index in [0.717, 1.165) is 42.7 Å². The molecule has 0 amide bonds. The van der Waals surface area contributed by atoms with E-state index in [-0.39, 0.29) is 6.04 Å². The van der Waals surface area contributed by atoms with E-state index < -0.39 is 0 Å². The number of methoxy groups -OCH3 is 1. The lowest BCUT2D eigenvalue weighted by molar-refractivity contribution is 0.177. The maximum Gasteiger partial charge on any atom is 0.176 e. The molecule has 22 heavy (non-hydrogen) atoms. The van der Waals surface area contributed by atoms with Crippen LogP contribution in [0.1, 0.15) is 55.1 Å². The maximum absolute atomic E-state index is 5.13. The summed E-state index contributed by atoms with van der Waals surface area (Å²) in [5.74, 6) is 4.12. The van der Waals surface area contributed by atoms with Crippen LogP contribution < -0.4 is 5.32 Å². The third-order valence-corrected chi connectivity index (χ3v) is 4.13. The molecule has 116 valence electrons. The van der Waals surface area contributed by atoms with Gasteiger partial charge in [0.15, 0.2) is 5.82 Å². The van der Waals surface area contributed by atoms with Gasteiger partial charge in [-0.25, -0.2) is 19.6 Å². The Morgan fingerprint density at radius 2 is 2.23 bits per heavy atom. The molecule has 1 saturated carbocycles. The van der Waals surface area contributed by atoms with Crippen molar-refractivity contribution in [2.75, 3.05) is 12.4 Å². The van der Waals surface area contributed by atoms with Gasteiger partial charge in [0.25, 0.3) is 0 Å². The van der Waals surface area contributed by atoms with Gasteiger partial charge >= 0.3 is 0 Å². The first-order valence-electron chi connectivity index (χ1n) is 7.85.